The second-order valence-electron chi connectivity index (χ2n) is 10.9. The van der Waals surface area contributed by atoms with Gasteiger partial charge >= 0.3 is 6.09 Å². The third-order valence-electron chi connectivity index (χ3n) is 6.63. The molecule has 0 aliphatic heterocycles. The number of methoxy groups -OCH3 is 1. The highest BCUT2D eigenvalue weighted by atomic mass is 16.6. The van der Waals surface area contributed by atoms with Gasteiger partial charge in [0.15, 0.2) is 0 Å². The highest BCUT2D eigenvalue weighted by Gasteiger charge is 2.37. The van der Waals surface area contributed by atoms with Gasteiger partial charge in [-0.15, -0.1) is 0 Å². The van der Waals surface area contributed by atoms with Gasteiger partial charge < -0.3 is 25.0 Å². The number of amides is 3. The molecule has 3 rings (SSSR count). The van der Waals surface area contributed by atoms with Crippen molar-refractivity contribution in [2.45, 2.75) is 65.6 Å². The third kappa shape index (κ3) is 8.58. The van der Waals surface area contributed by atoms with Crippen LogP contribution in [0.15, 0.2) is 72.8 Å². The van der Waals surface area contributed by atoms with Crippen molar-refractivity contribution in [2.24, 2.45) is 0 Å². The Bertz CT molecular complexity index is 1310. The Labute approximate surface area is 243 Å². The van der Waals surface area contributed by atoms with E-state index in [9.17, 15) is 14.4 Å². The van der Waals surface area contributed by atoms with Crippen LogP contribution in [0, 0.1) is 13.8 Å². The fraction of sp³-hybridized carbons (Fsp3) is 0.364. The minimum atomic E-state index is -0.965. The molecule has 0 spiro atoms. The summed E-state index contributed by atoms with van der Waals surface area (Å²) in [6, 6.07) is 20.3. The first-order valence-electron chi connectivity index (χ1n) is 13.8. The smallest absolute Gasteiger partial charge is 0.408 e. The fourth-order valence-electron chi connectivity index (χ4n) is 4.74. The first kappa shape index (κ1) is 31.2. The lowest BCUT2D eigenvalue weighted by Gasteiger charge is -2.35. The summed E-state index contributed by atoms with van der Waals surface area (Å²) >= 11 is 0. The lowest BCUT2D eigenvalue weighted by atomic mass is 9.93. The molecule has 0 aromatic heterocycles. The number of nitrogens with zero attached hydrogens (tertiary/aromatic N) is 1. The van der Waals surface area contributed by atoms with Gasteiger partial charge in [-0.05, 0) is 88.1 Å². The Morgan fingerprint density at radius 1 is 0.878 bits per heavy atom. The van der Waals surface area contributed by atoms with Gasteiger partial charge in [-0.1, -0.05) is 48.5 Å². The SMILES string of the molecule is CCN(C(=O)C(Cc1ccccc1)NC(=O)OC(C)(C)C)C(C(=O)Nc1ccc(OC)cc1)c1c(C)cccc1C. The quantitative estimate of drug-likeness (QED) is 0.319. The Kier molecular flexibility index (Phi) is 10.5. The van der Waals surface area contributed by atoms with E-state index in [1.165, 1.54) is 4.90 Å². The van der Waals surface area contributed by atoms with E-state index in [1.807, 2.05) is 69.3 Å². The number of carbonyl (C=O) groups excluding carboxylic acids is 3. The van der Waals surface area contributed by atoms with Crippen LogP contribution < -0.4 is 15.4 Å². The highest BCUT2D eigenvalue weighted by Crippen LogP contribution is 2.30. The van der Waals surface area contributed by atoms with E-state index in [-0.39, 0.29) is 24.8 Å². The number of carbonyl (C=O) groups is 3. The molecule has 41 heavy (non-hydrogen) atoms. The largest absolute Gasteiger partial charge is 0.497 e. The predicted octanol–water partition coefficient (Wildman–Crippen LogP) is 5.98. The second-order valence-corrected chi connectivity index (χ2v) is 10.9. The molecule has 8 nitrogen and oxygen atoms in total. The molecule has 0 fully saturated rings. The number of alkyl carbamates (subject to hydrolysis) is 1. The van der Waals surface area contributed by atoms with E-state index in [4.69, 9.17) is 9.47 Å². The van der Waals surface area contributed by atoms with Crippen LogP contribution in [0.2, 0.25) is 0 Å². The molecule has 0 bridgehead atoms. The molecule has 0 radical (unpaired) electrons. The van der Waals surface area contributed by atoms with Gasteiger partial charge in [-0.3, -0.25) is 9.59 Å². The normalized spacial score (nSPS) is 12.6. The number of aryl methyl sites for hydroxylation is 2. The summed E-state index contributed by atoms with van der Waals surface area (Å²) in [7, 11) is 1.58. The monoisotopic (exact) mass is 559 g/mol. The van der Waals surface area contributed by atoms with E-state index in [1.54, 1.807) is 52.1 Å². The van der Waals surface area contributed by atoms with Crippen LogP contribution in [-0.4, -0.2) is 48.1 Å². The number of anilines is 1. The van der Waals surface area contributed by atoms with Crippen molar-refractivity contribution >= 4 is 23.6 Å². The van der Waals surface area contributed by atoms with E-state index in [2.05, 4.69) is 10.6 Å². The molecule has 0 saturated heterocycles. The standard InChI is InChI=1S/C33H41N3O5/c1-8-36(31(38)27(21-24-15-10-9-11-16-24)35-32(39)41-33(4,5)6)29(28-22(2)13-12-14-23(28)3)30(37)34-25-17-19-26(40-7)20-18-25/h9-20,27,29H,8,21H2,1-7H3,(H,34,37)(H,35,39). The summed E-state index contributed by atoms with van der Waals surface area (Å²) in [5.74, 6) is -0.0881. The molecule has 2 N–H and O–H groups in total. The van der Waals surface area contributed by atoms with E-state index in [0.717, 1.165) is 22.3 Å². The third-order valence-corrected chi connectivity index (χ3v) is 6.63. The maximum absolute atomic E-state index is 14.3. The van der Waals surface area contributed by atoms with E-state index >= 15 is 0 Å². The van der Waals surface area contributed by atoms with E-state index in [0.29, 0.717) is 11.4 Å². The van der Waals surface area contributed by atoms with Gasteiger partial charge in [0, 0.05) is 18.7 Å². The summed E-state index contributed by atoms with van der Waals surface area (Å²) in [4.78, 5) is 42.7. The summed E-state index contributed by atoms with van der Waals surface area (Å²) in [5.41, 5.74) is 3.20. The maximum atomic E-state index is 14.3. The van der Waals surface area contributed by atoms with Crippen LogP contribution in [0.25, 0.3) is 0 Å². The van der Waals surface area contributed by atoms with Crippen molar-refractivity contribution in [1.29, 1.82) is 0 Å². The average Bonchev–Trinajstić information content (AvgIpc) is 2.91. The summed E-state index contributed by atoms with van der Waals surface area (Å²) < 4.78 is 10.7. The first-order valence-corrected chi connectivity index (χ1v) is 13.8. The number of nitrogens with one attached hydrogen (secondary N) is 2. The molecule has 218 valence electrons. The summed E-state index contributed by atoms with van der Waals surface area (Å²) in [6.07, 6.45) is -0.469. The first-order chi connectivity index (χ1) is 19.4. The molecule has 3 aromatic rings. The minimum Gasteiger partial charge on any atom is -0.497 e. The number of hydrogen-bond acceptors (Lipinski definition) is 5. The van der Waals surface area contributed by atoms with Gasteiger partial charge in [0.05, 0.1) is 7.11 Å². The Morgan fingerprint density at radius 3 is 2.02 bits per heavy atom. The van der Waals surface area contributed by atoms with Crippen LogP contribution in [0.3, 0.4) is 0 Å². The van der Waals surface area contributed by atoms with Gasteiger partial charge in [0.25, 0.3) is 5.91 Å². The molecule has 0 saturated carbocycles. The molecule has 0 heterocycles. The van der Waals surface area contributed by atoms with Gasteiger partial charge in [-0.2, -0.15) is 0 Å². The van der Waals surface area contributed by atoms with Gasteiger partial charge in [0.1, 0.15) is 23.4 Å². The van der Waals surface area contributed by atoms with Crippen molar-refractivity contribution in [3.8, 4) is 5.75 Å². The number of benzene rings is 3. The molecule has 8 heteroatoms. The molecule has 3 amide bonds. The molecular formula is C33H41N3O5. The zero-order valence-corrected chi connectivity index (χ0v) is 25.0. The van der Waals surface area contributed by atoms with Crippen molar-refractivity contribution in [3.63, 3.8) is 0 Å². The maximum Gasteiger partial charge on any atom is 0.408 e. The van der Waals surface area contributed by atoms with Crippen LogP contribution >= 0.6 is 0 Å². The van der Waals surface area contributed by atoms with Crippen molar-refractivity contribution < 1.29 is 23.9 Å². The number of hydrogen-bond donors (Lipinski definition) is 2. The van der Waals surface area contributed by atoms with Crippen LogP contribution in [-0.2, 0) is 20.7 Å². The molecule has 2 atom stereocenters. The number of likely N-dealkylation sites (N-methyl/N-ethyl adjacent to an activating group) is 1. The molecular weight excluding hydrogens is 518 g/mol. The Hall–Kier alpha value is -4.33. The number of rotatable bonds is 10. The van der Waals surface area contributed by atoms with Crippen LogP contribution in [0.5, 0.6) is 5.75 Å². The van der Waals surface area contributed by atoms with Crippen molar-refractivity contribution in [3.05, 3.63) is 95.1 Å². The van der Waals surface area contributed by atoms with E-state index < -0.39 is 23.8 Å². The molecule has 0 aliphatic rings. The second kappa shape index (κ2) is 13.8. The predicted molar refractivity (Wildman–Crippen MR) is 161 cm³/mol. The topological polar surface area (TPSA) is 97.0 Å². The van der Waals surface area contributed by atoms with Gasteiger partial charge in [-0.25, -0.2) is 4.79 Å². The van der Waals surface area contributed by atoms with Crippen molar-refractivity contribution in [2.75, 3.05) is 19.0 Å². The zero-order valence-electron chi connectivity index (χ0n) is 25.0. The Morgan fingerprint density at radius 2 is 1.49 bits per heavy atom. The summed E-state index contributed by atoms with van der Waals surface area (Å²) in [6.45, 7) is 11.2. The minimum absolute atomic E-state index is 0.231. The van der Waals surface area contributed by atoms with Crippen molar-refractivity contribution in [1.82, 2.24) is 10.2 Å². The van der Waals surface area contributed by atoms with Crippen LogP contribution in [0.4, 0.5) is 10.5 Å². The molecule has 0 aliphatic carbocycles. The highest BCUT2D eigenvalue weighted by molar-refractivity contribution is 5.99. The lowest BCUT2D eigenvalue weighted by Crippen LogP contribution is -2.53. The van der Waals surface area contributed by atoms with Gasteiger partial charge in [0.2, 0.25) is 5.91 Å². The fourth-order valence-corrected chi connectivity index (χ4v) is 4.74. The number of ether oxygens (including phenoxy) is 2. The molecule has 3 aromatic carbocycles. The average molecular weight is 560 g/mol. The zero-order chi connectivity index (χ0) is 30.2. The lowest BCUT2D eigenvalue weighted by molar-refractivity contribution is -0.140. The summed E-state index contributed by atoms with van der Waals surface area (Å²) in [5, 5.41) is 5.75. The van der Waals surface area contributed by atoms with Crippen LogP contribution in [0.1, 0.15) is 56.0 Å². The Balaban J connectivity index is 2.03. The molecule has 2 unspecified atom stereocenters.